The summed E-state index contributed by atoms with van der Waals surface area (Å²) in [6, 6.07) is 14.6. The second-order valence-electron chi connectivity index (χ2n) is 5.96. The van der Waals surface area contributed by atoms with Crippen LogP contribution in [-0.2, 0) is 18.4 Å². The molecule has 0 saturated heterocycles. The lowest BCUT2D eigenvalue weighted by atomic mass is 10.3. The van der Waals surface area contributed by atoms with Gasteiger partial charge >= 0.3 is 0 Å². The first kappa shape index (κ1) is 20.7. The molecule has 6 nitrogen and oxygen atoms in total. The number of thioether (sulfide) groups is 1. The van der Waals surface area contributed by atoms with Gasteiger partial charge in [0.15, 0.2) is 11.0 Å². The van der Waals surface area contributed by atoms with Crippen LogP contribution in [0.2, 0.25) is 5.02 Å². The molecule has 28 heavy (non-hydrogen) atoms. The first-order chi connectivity index (χ1) is 13.4. The Morgan fingerprint density at radius 2 is 2.04 bits per heavy atom. The van der Waals surface area contributed by atoms with Crippen LogP contribution in [0.25, 0.3) is 0 Å². The summed E-state index contributed by atoms with van der Waals surface area (Å²) in [6.07, 6.45) is 0. The molecule has 0 bridgehead atoms. The van der Waals surface area contributed by atoms with Crippen LogP contribution in [0.15, 0.2) is 58.2 Å². The molecule has 0 saturated carbocycles. The molecule has 0 radical (unpaired) electrons. The molecule has 1 amide bonds. The van der Waals surface area contributed by atoms with E-state index in [2.05, 4.69) is 31.4 Å². The Hall–Kier alpha value is -2.03. The van der Waals surface area contributed by atoms with Gasteiger partial charge in [-0.15, -0.1) is 10.2 Å². The first-order valence-corrected chi connectivity index (χ1v) is 10.5. The maximum absolute atomic E-state index is 12.4. The highest BCUT2D eigenvalue weighted by Gasteiger charge is 2.19. The lowest BCUT2D eigenvalue weighted by Crippen LogP contribution is -2.22. The molecular formula is C19H18BrClN4O2S. The smallest absolute Gasteiger partial charge is 0.237 e. The molecule has 1 aromatic heterocycles. The molecule has 1 heterocycles. The van der Waals surface area contributed by atoms with Crippen molar-refractivity contribution in [3.05, 3.63) is 63.9 Å². The minimum absolute atomic E-state index is 0.106. The number of benzene rings is 2. The minimum Gasteiger partial charge on any atom is -0.486 e. The monoisotopic (exact) mass is 480 g/mol. The standard InChI is InChI=1S/C19H18BrClN4O2S/c1-12(18(26)22-15-5-3-4-13(20)10-15)28-19-24-23-17(25(19)2)11-27-16-8-6-14(21)7-9-16/h3-10,12H,11H2,1-2H3,(H,22,26)/t12-/m1/s1. The second kappa shape index (κ2) is 9.45. The van der Waals surface area contributed by atoms with Gasteiger partial charge in [0.1, 0.15) is 12.4 Å². The van der Waals surface area contributed by atoms with E-state index < -0.39 is 0 Å². The van der Waals surface area contributed by atoms with Crippen LogP contribution in [0.4, 0.5) is 5.69 Å². The molecule has 0 unspecified atom stereocenters. The fraction of sp³-hybridized carbons (Fsp3) is 0.211. The minimum atomic E-state index is -0.341. The quantitative estimate of drug-likeness (QED) is 0.485. The summed E-state index contributed by atoms with van der Waals surface area (Å²) in [4.78, 5) is 12.4. The number of rotatable bonds is 7. The van der Waals surface area contributed by atoms with Crippen LogP contribution in [0.5, 0.6) is 5.75 Å². The van der Waals surface area contributed by atoms with Gasteiger partial charge in [0.05, 0.1) is 5.25 Å². The van der Waals surface area contributed by atoms with E-state index >= 15 is 0 Å². The van der Waals surface area contributed by atoms with Crippen molar-refractivity contribution in [2.75, 3.05) is 5.32 Å². The SMILES string of the molecule is C[C@@H](Sc1nnc(COc2ccc(Cl)cc2)n1C)C(=O)Nc1cccc(Br)c1. The number of nitrogens with one attached hydrogen (secondary N) is 1. The average Bonchev–Trinajstić information content (AvgIpc) is 3.01. The highest BCUT2D eigenvalue weighted by Crippen LogP contribution is 2.24. The van der Waals surface area contributed by atoms with E-state index in [1.54, 1.807) is 24.3 Å². The maximum Gasteiger partial charge on any atom is 0.237 e. The fourth-order valence-corrected chi connectivity index (χ4v) is 3.63. The number of halogens is 2. The molecule has 0 fully saturated rings. The second-order valence-corrected chi connectivity index (χ2v) is 8.62. The van der Waals surface area contributed by atoms with Gasteiger partial charge in [0, 0.05) is 22.2 Å². The molecule has 2 aromatic carbocycles. The molecule has 0 aliphatic rings. The zero-order valence-electron chi connectivity index (χ0n) is 15.2. The Balaban J connectivity index is 1.58. The fourth-order valence-electron chi connectivity index (χ4n) is 2.27. The van der Waals surface area contributed by atoms with Gasteiger partial charge in [0.25, 0.3) is 0 Å². The molecule has 1 N–H and O–H groups in total. The molecular weight excluding hydrogens is 464 g/mol. The van der Waals surface area contributed by atoms with E-state index in [0.29, 0.717) is 21.8 Å². The Morgan fingerprint density at radius 3 is 2.75 bits per heavy atom. The highest BCUT2D eigenvalue weighted by molar-refractivity contribution is 9.10. The Kier molecular flexibility index (Phi) is 6.98. The molecule has 3 aromatic rings. The predicted molar refractivity (Wildman–Crippen MR) is 115 cm³/mol. The van der Waals surface area contributed by atoms with Gasteiger partial charge in [-0.25, -0.2) is 0 Å². The zero-order chi connectivity index (χ0) is 20.1. The maximum atomic E-state index is 12.4. The van der Waals surface area contributed by atoms with Crippen molar-refractivity contribution in [1.29, 1.82) is 0 Å². The molecule has 0 spiro atoms. The topological polar surface area (TPSA) is 69.0 Å². The largest absolute Gasteiger partial charge is 0.486 e. The van der Waals surface area contributed by atoms with Gasteiger partial charge in [0.2, 0.25) is 5.91 Å². The number of hydrogen-bond donors (Lipinski definition) is 1. The number of anilines is 1. The van der Waals surface area contributed by atoms with E-state index in [1.165, 1.54) is 11.8 Å². The molecule has 0 aliphatic heterocycles. The summed E-state index contributed by atoms with van der Waals surface area (Å²) in [5.41, 5.74) is 0.738. The number of ether oxygens (including phenoxy) is 1. The van der Waals surface area contributed by atoms with E-state index in [-0.39, 0.29) is 17.8 Å². The molecule has 0 aliphatic carbocycles. The summed E-state index contributed by atoms with van der Waals surface area (Å²) in [5, 5.41) is 12.2. The van der Waals surface area contributed by atoms with Crippen molar-refractivity contribution in [2.45, 2.75) is 23.9 Å². The summed E-state index contributed by atoms with van der Waals surface area (Å²) < 4.78 is 8.44. The third-order valence-corrected chi connectivity index (χ3v) is 5.73. The number of nitrogens with zero attached hydrogens (tertiary/aromatic N) is 3. The van der Waals surface area contributed by atoms with E-state index in [4.69, 9.17) is 16.3 Å². The Bertz CT molecular complexity index is 965. The average molecular weight is 482 g/mol. The normalized spacial score (nSPS) is 11.9. The van der Waals surface area contributed by atoms with Crippen molar-refractivity contribution in [3.63, 3.8) is 0 Å². The van der Waals surface area contributed by atoms with Gasteiger partial charge < -0.3 is 14.6 Å². The van der Waals surface area contributed by atoms with Crippen LogP contribution in [-0.4, -0.2) is 25.9 Å². The summed E-state index contributed by atoms with van der Waals surface area (Å²) in [5.74, 6) is 1.26. The number of carbonyl (C=O) groups is 1. The van der Waals surface area contributed by atoms with E-state index in [1.807, 2.05) is 42.8 Å². The summed E-state index contributed by atoms with van der Waals surface area (Å²) >= 11 is 10.6. The van der Waals surface area contributed by atoms with Crippen molar-refractivity contribution in [3.8, 4) is 5.75 Å². The van der Waals surface area contributed by atoms with Crippen LogP contribution < -0.4 is 10.1 Å². The first-order valence-electron chi connectivity index (χ1n) is 8.42. The predicted octanol–water partition coefficient (Wildman–Crippen LogP) is 4.93. The Morgan fingerprint density at radius 1 is 1.29 bits per heavy atom. The molecule has 3 rings (SSSR count). The van der Waals surface area contributed by atoms with Gasteiger partial charge in [-0.05, 0) is 49.4 Å². The lowest BCUT2D eigenvalue weighted by molar-refractivity contribution is -0.115. The number of aromatic nitrogens is 3. The van der Waals surface area contributed by atoms with Crippen molar-refractivity contribution in [2.24, 2.45) is 7.05 Å². The number of amides is 1. The summed E-state index contributed by atoms with van der Waals surface area (Å²) in [6.45, 7) is 2.10. The van der Waals surface area contributed by atoms with Crippen molar-refractivity contribution in [1.82, 2.24) is 14.8 Å². The number of carbonyl (C=O) groups excluding carboxylic acids is 1. The van der Waals surface area contributed by atoms with Crippen LogP contribution in [0, 0.1) is 0 Å². The van der Waals surface area contributed by atoms with Crippen LogP contribution in [0.1, 0.15) is 12.7 Å². The lowest BCUT2D eigenvalue weighted by Gasteiger charge is -2.12. The Labute approximate surface area is 180 Å². The van der Waals surface area contributed by atoms with Crippen LogP contribution in [0.3, 0.4) is 0 Å². The van der Waals surface area contributed by atoms with E-state index in [9.17, 15) is 4.79 Å². The zero-order valence-corrected chi connectivity index (χ0v) is 18.4. The van der Waals surface area contributed by atoms with Crippen molar-refractivity contribution < 1.29 is 9.53 Å². The van der Waals surface area contributed by atoms with E-state index in [0.717, 1.165) is 10.2 Å². The van der Waals surface area contributed by atoms with Crippen molar-refractivity contribution >= 4 is 50.9 Å². The van der Waals surface area contributed by atoms with Crippen LogP contribution >= 0.6 is 39.3 Å². The summed E-state index contributed by atoms with van der Waals surface area (Å²) in [7, 11) is 1.85. The third-order valence-electron chi connectivity index (χ3n) is 3.85. The third kappa shape index (κ3) is 5.50. The van der Waals surface area contributed by atoms with Gasteiger partial charge in [-0.2, -0.15) is 0 Å². The molecule has 146 valence electrons. The molecule has 1 atom stereocenters. The number of hydrogen-bond acceptors (Lipinski definition) is 5. The highest BCUT2D eigenvalue weighted by atomic mass is 79.9. The molecule has 9 heteroatoms. The van der Waals surface area contributed by atoms with Gasteiger partial charge in [-0.1, -0.05) is 45.4 Å². The van der Waals surface area contributed by atoms with Gasteiger partial charge in [-0.3, -0.25) is 4.79 Å².